The van der Waals surface area contributed by atoms with E-state index in [1.54, 1.807) is 18.3 Å². The fourth-order valence-corrected chi connectivity index (χ4v) is 3.91. The van der Waals surface area contributed by atoms with Crippen LogP contribution in [0.15, 0.2) is 85.2 Å². The number of fused-ring (bicyclic) bond motifs is 2. The van der Waals surface area contributed by atoms with Crippen molar-refractivity contribution in [3.8, 4) is 33.8 Å². The molecule has 0 fully saturated rings. The van der Waals surface area contributed by atoms with Gasteiger partial charge in [-0.15, -0.1) is 0 Å². The van der Waals surface area contributed by atoms with Gasteiger partial charge in [-0.2, -0.15) is 5.10 Å². The summed E-state index contributed by atoms with van der Waals surface area (Å²) in [6.45, 7) is 0. The molecule has 5 nitrogen and oxygen atoms in total. The second-order valence-electron chi connectivity index (χ2n) is 7.37. The van der Waals surface area contributed by atoms with E-state index in [1.807, 2.05) is 48.7 Å². The highest BCUT2D eigenvalue weighted by Gasteiger charge is 2.15. The smallest absolute Gasteiger partial charge is 0.159 e. The SMILES string of the molecule is Fc1ccc(-c2cccc3[nH]c(-c4n[nH]c5ccc(-c6cccnc6)cc45)nc23)cc1. The minimum absolute atomic E-state index is 0.258. The second kappa shape index (κ2) is 6.88. The second-order valence-corrected chi connectivity index (χ2v) is 7.37. The van der Waals surface area contributed by atoms with Gasteiger partial charge in [-0.25, -0.2) is 9.37 Å². The van der Waals surface area contributed by atoms with E-state index in [0.717, 1.165) is 49.9 Å². The number of aromatic amines is 2. The van der Waals surface area contributed by atoms with Gasteiger partial charge in [0.15, 0.2) is 5.82 Å². The van der Waals surface area contributed by atoms with E-state index < -0.39 is 0 Å². The van der Waals surface area contributed by atoms with Crippen molar-refractivity contribution in [1.82, 2.24) is 25.1 Å². The number of benzene rings is 3. The number of pyridine rings is 1. The molecule has 0 atom stereocenters. The van der Waals surface area contributed by atoms with Crippen LogP contribution in [-0.4, -0.2) is 25.1 Å². The highest BCUT2D eigenvalue weighted by molar-refractivity contribution is 5.98. The number of H-pyrrole nitrogens is 2. The molecule has 0 unspecified atom stereocenters. The van der Waals surface area contributed by atoms with Gasteiger partial charge >= 0.3 is 0 Å². The number of halogens is 1. The molecule has 0 aliphatic heterocycles. The summed E-state index contributed by atoms with van der Waals surface area (Å²) in [5.74, 6) is 0.421. The molecular weight excluding hydrogens is 389 g/mol. The molecule has 0 bridgehead atoms. The summed E-state index contributed by atoms with van der Waals surface area (Å²) in [7, 11) is 0. The van der Waals surface area contributed by atoms with Gasteiger partial charge in [0.1, 0.15) is 11.5 Å². The topological polar surface area (TPSA) is 70.2 Å². The van der Waals surface area contributed by atoms with Gasteiger partial charge in [-0.3, -0.25) is 10.1 Å². The van der Waals surface area contributed by atoms with E-state index in [4.69, 9.17) is 4.98 Å². The molecule has 0 saturated carbocycles. The Labute approximate surface area is 176 Å². The standard InChI is InChI=1S/C25H16FN5/c26-18-9-6-15(7-10-18)19-4-1-5-22-23(19)29-25(28-22)24-20-13-16(8-11-21(20)30-31-24)17-3-2-12-27-14-17/h1-14H,(H,28,29)(H,30,31). The first-order valence-corrected chi connectivity index (χ1v) is 9.90. The van der Waals surface area contributed by atoms with Crippen LogP contribution in [0.1, 0.15) is 0 Å². The first kappa shape index (κ1) is 17.5. The fraction of sp³-hybridized carbons (Fsp3) is 0. The van der Waals surface area contributed by atoms with Crippen molar-refractivity contribution in [1.29, 1.82) is 0 Å². The maximum atomic E-state index is 13.4. The minimum atomic E-state index is -0.258. The summed E-state index contributed by atoms with van der Waals surface area (Å²) in [6.07, 6.45) is 3.61. The molecule has 3 heterocycles. The summed E-state index contributed by atoms with van der Waals surface area (Å²) in [6, 6.07) is 22.5. The predicted molar refractivity (Wildman–Crippen MR) is 120 cm³/mol. The average molecular weight is 405 g/mol. The summed E-state index contributed by atoms with van der Waals surface area (Å²) in [4.78, 5) is 12.5. The zero-order valence-corrected chi connectivity index (χ0v) is 16.3. The Morgan fingerprint density at radius 3 is 2.48 bits per heavy atom. The van der Waals surface area contributed by atoms with Crippen molar-refractivity contribution in [3.05, 3.63) is 91.0 Å². The van der Waals surface area contributed by atoms with Crippen LogP contribution >= 0.6 is 0 Å². The van der Waals surface area contributed by atoms with Crippen molar-refractivity contribution in [2.45, 2.75) is 0 Å². The molecule has 6 rings (SSSR count). The molecular formula is C25H16FN5. The molecule has 148 valence electrons. The molecule has 0 amide bonds. The first-order valence-electron chi connectivity index (χ1n) is 9.90. The third-order valence-corrected chi connectivity index (χ3v) is 5.45. The van der Waals surface area contributed by atoms with E-state index in [9.17, 15) is 4.39 Å². The maximum Gasteiger partial charge on any atom is 0.159 e. The molecule has 6 heteroatoms. The Hall–Kier alpha value is -4.32. The van der Waals surface area contributed by atoms with Crippen molar-refractivity contribution >= 4 is 21.9 Å². The Bertz CT molecular complexity index is 1530. The van der Waals surface area contributed by atoms with Crippen molar-refractivity contribution in [2.75, 3.05) is 0 Å². The molecule has 0 saturated heterocycles. The highest BCUT2D eigenvalue weighted by Crippen LogP contribution is 2.33. The molecule has 3 aromatic heterocycles. The van der Waals surface area contributed by atoms with Crippen molar-refractivity contribution < 1.29 is 4.39 Å². The van der Waals surface area contributed by atoms with Crippen LogP contribution in [0, 0.1) is 5.82 Å². The number of nitrogens with zero attached hydrogens (tertiary/aromatic N) is 3. The Morgan fingerprint density at radius 2 is 1.65 bits per heavy atom. The van der Waals surface area contributed by atoms with E-state index in [2.05, 4.69) is 26.2 Å². The lowest BCUT2D eigenvalue weighted by Crippen LogP contribution is -1.83. The third-order valence-electron chi connectivity index (χ3n) is 5.45. The van der Waals surface area contributed by atoms with Crippen molar-refractivity contribution in [2.24, 2.45) is 0 Å². The zero-order chi connectivity index (χ0) is 20.8. The summed E-state index contributed by atoms with van der Waals surface area (Å²) < 4.78 is 13.4. The van der Waals surface area contributed by atoms with Gasteiger partial charge < -0.3 is 4.98 Å². The lowest BCUT2D eigenvalue weighted by atomic mass is 10.0. The van der Waals surface area contributed by atoms with Crippen LogP contribution in [0.3, 0.4) is 0 Å². The van der Waals surface area contributed by atoms with Crippen LogP contribution in [0.2, 0.25) is 0 Å². The van der Waals surface area contributed by atoms with Gasteiger partial charge in [-0.1, -0.05) is 36.4 Å². The van der Waals surface area contributed by atoms with Crippen LogP contribution in [0.5, 0.6) is 0 Å². The van der Waals surface area contributed by atoms with Gasteiger partial charge in [-0.05, 0) is 47.5 Å². The lowest BCUT2D eigenvalue weighted by molar-refractivity contribution is 0.628. The quantitative estimate of drug-likeness (QED) is 0.381. The number of hydrogen-bond acceptors (Lipinski definition) is 3. The van der Waals surface area contributed by atoms with Gasteiger partial charge in [0.2, 0.25) is 0 Å². The average Bonchev–Trinajstić information content (AvgIpc) is 3.43. The third kappa shape index (κ3) is 2.97. The van der Waals surface area contributed by atoms with Crippen molar-refractivity contribution in [3.63, 3.8) is 0 Å². The fourth-order valence-electron chi connectivity index (χ4n) is 3.91. The molecule has 0 spiro atoms. The maximum absolute atomic E-state index is 13.4. The molecule has 6 aromatic rings. The number of rotatable bonds is 3. The Balaban J connectivity index is 1.51. The number of hydrogen-bond donors (Lipinski definition) is 2. The molecule has 0 aliphatic carbocycles. The van der Waals surface area contributed by atoms with Gasteiger partial charge in [0.25, 0.3) is 0 Å². The van der Waals surface area contributed by atoms with E-state index >= 15 is 0 Å². The Morgan fingerprint density at radius 1 is 0.774 bits per heavy atom. The summed E-state index contributed by atoms with van der Waals surface area (Å²) in [5, 5.41) is 8.60. The molecule has 0 aliphatic rings. The molecule has 0 radical (unpaired) electrons. The van der Waals surface area contributed by atoms with Gasteiger partial charge in [0.05, 0.1) is 16.6 Å². The first-order chi connectivity index (χ1) is 15.3. The predicted octanol–water partition coefficient (Wildman–Crippen LogP) is 5.97. The van der Waals surface area contributed by atoms with Crippen LogP contribution < -0.4 is 0 Å². The normalized spacial score (nSPS) is 11.4. The largest absolute Gasteiger partial charge is 0.337 e. The highest BCUT2D eigenvalue weighted by atomic mass is 19.1. The monoisotopic (exact) mass is 405 g/mol. The van der Waals surface area contributed by atoms with E-state index in [0.29, 0.717) is 5.82 Å². The lowest BCUT2D eigenvalue weighted by Gasteiger charge is -2.02. The number of imidazole rings is 1. The van der Waals surface area contributed by atoms with E-state index in [-0.39, 0.29) is 5.82 Å². The van der Waals surface area contributed by atoms with Crippen LogP contribution in [-0.2, 0) is 0 Å². The zero-order valence-electron chi connectivity index (χ0n) is 16.3. The number of para-hydroxylation sites is 1. The molecule has 31 heavy (non-hydrogen) atoms. The van der Waals surface area contributed by atoms with Crippen LogP contribution in [0.4, 0.5) is 4.39 Å². The summed E-state index contributed by atoms with van der Waals surface area (Å²) >= 11 is 0. The summed E-state index contributed by atoms with van der Waals surface area (Å²) in [5.41, 5.74) is 7.36. The van der Waals surface area contributed by atoms with Crippen LogP contribution in [0.25, 0.3) is 55.7 Å². The van der Waals surface area contributed by atoms with Gasteiger partial charge in [0, 0.05) is 28.9 Å². The Kier molecular flexibility index (Phi) is 3.89. The number of aromatic nitrogens is 5. The minimum Gasteiger partial charge on any atom is -0.337 e. The van der Waals surface area contributed by atoms with E-state index in [1.165, 1.54) is 12.1 Å². The molecule has 3 aromatic carbocycles. The number of nitrogens with one attached hydrogen (secondary N) is 2. The molecule has 2 N–H and O–H groups in total.